The molecular formula is C11H21NO2. The third kappa shape index (κ3) is 3.66. The zero-order chi connectivity index (χ0) is 10.6. The molecule has 0 aliphatic carbocycles. The molecule has 0 saturated carbocycles. The quantitative estimate of drug-likeness (QED) is 0.751. The molecule has 3 heteroatoms. The van der Waals surface area contributed by atoms with Crippen LogP contribution in [0.1, 0.15) is 33.1 Å². The van der Waals surface area contributed by atoms with E-state index in [9.17, 15) is 4.79 Å². The molecule has 0 bridgehead atoms. The minimum Gasteiger partial charge on any atom is -0.481 e. The average Bonchev–Trinajstić information content (AvgIpc) is 2.15. The van der Waals surface area contributed by atoms with Crippen LogP contribution >= 0.6 is 0 Å². The maximum absolute atomic E-state index is 10.4. The topological polar surface area (TPSA) is 40.5 Å². The summed E-state index contributed by atoms with van der Waals surface area (Å²) < 4.78 is 0. The summed E-state index contributed by atoms with van der Waals surface area (Å²) in [5, 5.41) is 8.56. The van der Waals surface area contributed by atoms with Crippen molar-refractivity contribution in [1.29, 1.82) is 0 Å². The van der Waals surface area contributed by atoms with Crippen LogP contribution < -0.4 is 0 Å². The second-order valence-corrected chi connectivity index (χ2v) is 4.57. The first kappa shape index (κ1) is 11.5. The van der Waals surface area contributed by atoms with Crippen LogP contribution in [0, 0.1) is 11.8 Å². The number of carboxylic acid groups (broad SMARTS) is 1. The van der Waals surface area contributed by atoms with Crippen molar-refractivity contribution >= 4 is 5.97 Å². The van der Waals surface area contributed by atoms with Crippen molar-refractivity contribution in [3.8, 4) is 0 Å². The number of piperidine rings is 1. The van der Waals surface area contributed by atoms with Crippen molar-refractivity contribution in [1.82, 2.24) is 4.90 Å². The molecule has 1 fully saturated rings. The number of carboxylic acids is 1. The Morgan fingerprint density at radius 3 is 2.43 bits per heavy atom. The SMILES string of the molecule is CC(C)C1CCN(CCC(=O)O)CC1. The lowest BCUT2D eigenvalue weighted by Crippen LogP contribution is -2.36. The van der Waals surface area contributed by atoms with Crippen molar-refractivity contribution in [2.45, 2.75) is 33.1 Å². The zero-order valence-electron chi connectivity index (χ0n) is 9.20. The molecular weight excluding hydrogens is 178 g/mol. The number of nitrogens with zero attached hydrogens (tertiary/aromatic N) is 1. The fourth-order valence-corrected chi connectivity index (χ4v) is 2.10. The number of hydrogen-bond donors (Lipinski definition) is 1. The van der Waals surface area contributed by atoms with Crippen molar-refractivity contribution in [2.75, 3.05) is 19.6 Å². The third-order valence-electron chi connectivity index (χ3n) is 3.22. The van der Waals surface area contributed by atoms with E-state index in [1.54, 1.807) is 0 Å². The largest absolute Gasteiger partial charge is 0.481 e. The first-order chi connectivity index (χ1) is 6.59. The summed E-state index contributed by atoms with van der Waals surface area (Å²) in [6, 6.07) is 0. The van der Waals surface area contributed by atoms with E-state index in [0.717, 1.165) is 31.5 Å². The highest BCUT2D eigenvalue weighted by atomic mass is 16.4. The van der Waals surface area contributed by atoms with Gasteiger partial charge in [-0.15, -0.1) is 0 Å². The van der Waals surface area contributed by atoms with Gasteiger partial charge in [0, 0.05) is 6.54 Å². The summed E-state index contributed by atoms with van der Waals surface area (Å²) in [6.07, 6.45) is 2.75. The molecule has 1 heterocycles. The monoisotopic (exact) mass is 199 g/mol. The van der Waals surface area contributed by atoms with Gasteiger partial charge in [-0.1, -0.05) is 13.8 Å². The van der Waals surface area contributed by atoms with E-state index in [1.807, 2.05) is 0 Å². The number of likely N-dealkylation sites (tertiary alicyclic amines) is 1. The lowest BCUT2D eigenvalue weighted by Gasteiger charge is -2.33. The minimum atomic E-state index is -0.684. The van der Waals surface area contributed by atoms with Gasteiger partial charge in [-0.25, -0.2) is 0 Å². The van der Waals surface area contributed by atoms with E-state index in [0.29, 0.717) is 0 Å². The first-order valence-electron chi connectivity index (χ1n) is 5.53. The zero-order valence-corrected chi connectivity index (χ0v) is 9.20. The Kier molecular flexibility index (Phi) is 4.39. The third-order valence-corrected chi connectivity index (χ3v) is 3.22. The van der Waals surface area contributed by atoms with Crippen LogP contribution in [0.4, 0.5) is 0 Å². The Morgan fingerprint density at radius 2 is 2.00 bits per heavy atom. The van der Waals surface area contributed by atoms with Crippen LogP contribution in [-0.4, -0.2) is 35.6 Å². The van der Waals surface area contributed by atoms with Crippen molar-refractivity contribution in [2.24, 2.45) is 11.8 Å². The molecule has 3 nitrogen and oxygen atoms in total. The van der Waals surface area contributed by atoms with Crippen LogP contribution in [0.3, 0.4) is 0 Å². The van der Waals surface area contributed by atoms with Gasteiger partial charge < -0.3 is 10.0 Å². The van der Waals surface area contributed by atoms with Gasteiger partial charge in [-0.05, 0) is 37.8 Å². The Bertz CT molecular complexity index is 184. The van der Waals surface area contributed by atoms with Crippen LogP contribution in [0.2, 0.25) is 0 Å². The Morgan fingerprint density at radius 1 is 1.43 bits per heavy atom. The van der Waals surface area contributed by atoms with Crippen LogP contribution in [0.25, 0.3) is 0 Å². The molecule has 1 saturated heterocycles. The molecule has 0 atom stereocenters. The highest BCUT2D eigenvalue weighted by molar-refractivity contribution is 5.66. The first-order valence-corrected chi connectivity index (χ1v) is 5.53. The van der Waals surface area contributed by atoms with Gasteiger partial charge in [0.25, 0.3) is 0 Å². The maximum atomic E-state index is 10.4. The van der Waals surface area contributed by atoms with Crippen molar-refractivity contribution < 1.29 is 9.90 Å². The fraction of sp³-hybridized carbons (Fsp3) is 0.909. The predicted molar refractivity (Wildman–Crippen MR) is 56.3 cm³/mol. The molecule has 1 N–H and O–H groups in total. The maximum Gasteiger partial charge on any atom is 0.304 e. The molecule has 0 amide bonds. The molecule has 1 aliphatic rings. The second-order valence-electron chi connectivity index (χ2n) is 4.57. The summed E-state index contributed by atoms with van der Waals surface area (Å²) in [5.41, 5.74) is 0. The second kappa shape index (κ2) is 5.35. The van der Waals surface area contributed by atoms with Gasteiger partial charge in [0.15, 0.2) is 0 Å². The standard InChI is InChI=1S/C11H21NO2/c1-9(2)10-3-6-12(7-4-10)8-5-11(13)14/h9-10H,3-8H2,1-2H3,(H,13,14). The lowest BCUT2D eigenvalue weighted by atomic mass is 9.87. The lowest BCUT2D eigenvalue weighted by molar-refractivity contribution is -0.137. The minimum absolute atomic E-state index is 0.284. The summed E-state index contributed by atoms with van der Waals surface area (Å²) in [6.45, 7) is 7.43. The molecule has 0 spiro atoms. The number of hydrogen-bond acceptors (Lipinski definition) is 2. The molecule has 0 radical (unpaired) electrons. The average molecular weight is 199 g/mol. The van der Waals surface area contributed by atoms with E-state index in [2.05, 4.69) is 18.7 Å². The van der Waals surface area contributed by atoms with Gasteiger partial charge in [0.05, 0.1) is 6.42 Å². The molecule has 0 unspecified atom stereocenters. The molecule has 1 rings (SSSR count). The number of rotatable bonds is 4. The van der Waals surface area contributed by atoms with Crippen molar-refractivity contribution in [3.63, 3.8) is 0 Å². The van der Waals surface area contributed by atoms with E-state index >= 15 is 0 Å². The summed E-state index contributed by atoms with van der Waals surface area (Å²) in [5.74, 6) is 0.934. The molecule has 0 aromatic heterocycles. The van der Waals surface area contributed by atoms with Gasteiger partial charge in [-0.2, -0.15) is 0 Å². The summed E-state index contributed by atoms with van der Waals surface area (Å²) >= 11 is 0. The van der Waals surface area contributed by atoms with Gasteiger partial charge in [0.1, 0.15) is 0 Å². The Hall–Kier alpha value is -0.570. The molecule has 82 valence electrons. The fourth-order valence-electron chi connectivity index (χ4n) is 2.10. The van der Waals surface area contributed by atoms with Gasteiger partial charge in [0.2, 0.25) is 0 Å². The van der Waals surface area contributed by atoms with Gasteiger partial charge >= 0.3 is 5.97 Å². The Balaban J connectivity index is 2.19. The molecule has 0 aromatic carbocycles. The normalized spacial score (nSPS) is 20.2. The van der Waals surface area contributed by atoms with E-state index in [-0.39, 0.29) is 6.42 Å². The van der Waals surface area contributed by atoms with Crippen molar-refractivity contribution in [3.05, 3.63) is 0 Å². The van der Waals surface area contributed by atoms with Crippen LogP contribution in [0.15, 0.2) is 0 Å². The van der Waals surface area contributed by atoms with E-state index < -0.39 is 5.97 Å². The van der Waals surface area contributed by atoms with E-state index in [4.69, 9.17) is 5.11 Å². The summed E-state index contributed by atoms with van der Waals surface area (Å²) in [7, 11) is 0. The predicted octanol–water partition coefficient (Wildman–Crippen LogP) is 1.83. The van der Waals surface area contributed by atoms with E-state index in [1.165, 1.54) is 12.8 Å². The molecule has 1 aliphatic heterocycles. The van der Waals surface area contributed by atoms with Crippen LogP contribution in [-0.2, 0) is 4.79 Å². The smallest absolute Gasteiger partial charge is 0.304 e. The highest BCUT2D eigenvalue weighted by Gasteiger charge is 2.21. The van der Waals surface area contributed by atoms with Crippen LogP contribution in [0.5, 0.6) is 0 Å². The molecule has 0 aromatic rings. The van der Waals surface area contributed by atoms with Gasteiger partial charge in [-0.3, -0.25) is 4.79 Å². The number of carbonyl (C=O) groups is 1. The summed E-state index contributed by atoms with van der Waals surface area (Å²) in [4.78, 5) is 12.7. The number of aliphatic carboxylic acids is 1. The molecule has 14 heavy (non-hydrogen) atoms. The highest BCUT2D eigenvalue weighted by Crippen LogP contribution is 2.24. The Labute approximate surface area is 86.1 Å².